The molecular weight excluding hydrogens is 474 g/mol. The Bertz CT molecular complexity index is 1310. The normalized spacial score (nSPS) is 12.0. The van der Waals surface area contributed by atoms with Crippen molar-refractivity contribution in [2.45, 2.75) is 32.9 Å². The van der Waals surface area contributed by atoms with Gasteiger partial charge in [0.25, 0.3) is 0 Å². The van der Waals surface area contributed by atoms with E-state index in [9.17, 15) is 18.0 Å². The minimum absolute atomic E-state index is 0.164. The molecule has 0 aromatic heterocycles. The molecule has 0 heterocycles. The van der Waals surface area contributed by atoms with E-state index in [4.69, 9.17) is 0 Å². The summed E-state index contributed by atoms with van der Waals surface area (Å²) in [5.41, 5.74) is 4.05. The number of aryl methyl sites for hydroxylation is 2. The highest BCUT2D eigenvalue weighted by Crippen LogP contribution is 2.21. The summed E-state index contributed by atoms with van der Waals surface area (Å²) in [6, 6.07) is 23.3. The summed E-state index contributed by atoms with van der Waals surface area (Å²) in [5, 5.41) is 2.68. The largest absolute Gasteiger partial charge is 0.357 e. The second-order valence-corrected chi connectivity index (χ2v) is 10.8. The molecule has 1 unspecified atom stereocenters. The number of sulfonamides is 1. The van der Waals surface area contributed by atoms with Crippen molar-refractivity contribution < 1.29 is 18.0 Å². The number of likely N-dealkylation sites (N-methyl/N-ethyl adjacent to an activating group) is 1. The van der Waals surface area contributed by atoms with Crippen LogP contribution in [0.15, 0.2) is 78.9 Å². The lowest BCUT2D eigenvalue weighted by Gasteiger charge is -2.33. The maximum absolute atomic E-state index is 13.8. The van der Waals surface area contributed by atoms with E-state index in [0.29, 0.717) is 12.1 Å². The predicted molar refractivity (Wildman–Crippen MR) is 143 cm³/mol. The zero-order chi connectivity index (χ0) is 26.3. The third kappa shape index (κ3) is 7.18. The molecule has 1 atom stereocenters. The summed E-state index contributed by atoms with van der Waals surface area (Å²) >= 11 is 0. The third-order valence-electron chi connectivity index (χ3n) is 5.92. The van der Waals surface area contributed by atoms with Gasteiger partial charge in [-0.15, -0.1) is 0 Å². The van der Waals surface area contributed by atoms with Crippen LogP contribution in [0.1, 0.15) is 22.3 Å². The molecule has 0 radical (unpaired) electrons. The van der Waals surface area contributed by atoms with Crippen molar-refractivity contribution >= 4 is 27.5 Å². The molecule has 0 saturated heterocycles. The first-order valence-corrected chi connectivity index (χ1v) is 13.6. The van der Waals surface area contributed by atoms with E-state index in [-0.39, 0.29) is 12.5 Å². The molecule has 8 heteroatoms. The van der Waals surface area contributed by atoms with Crippen molar-refractivity contribution in [1.82, 2.24) is 10.2 Å². The van der Waals surface area contributed by atoms with Crippen LogP contribution in [0, 0.1) is 13.8 Å². The molecule has 3 aromatic rings. The summed E-state index contributed by atoms with van der Waals surface area (Å²) in [6.07, 6.45) is 1.37. The van der Waals surface area contributed by atoms with Crippen LogP contribution in [0.2, 0.25) is 0 Å². The number of hydrogen-bond donors (Lipinski definition) is 1. The Kier molecular flexibility index (Phi) is 8.88. The SMILES string of the molecule is CNC(=O)C(Cc1ccccc1)N(Cc1cccc(C)c1)C(=O)CN(c1cccc(C)c1)S(C)(=O)=O. The summed E-state index contributed by atoms with van der Waals surface area (Å²) in [4.78, 5) is 28.4. The molecule has 0 bridgehead atoms. The molecule has 1 N–H and O–H groups in total. The molecular formula is C28H33N3O4S. The molecule has 0 aliphatic rings. The standard InChI is InChI=1S/C28H33N3O4S/c1-21-10-8-14-24(16-21)19-30(26(28(33)29-3)18-23-12-6-5-7-13-23)27(32)20-31(36(4,34)35)25-15-9-11-22(2)17-25/h5-17,26H,18-20H2,1-4H3,(H,29,33). The highest BCUT2D eigenvalue weighted by Gasteiger charge is 2.32. The fourth-order valence-corrected chi connectivity index (χ4v) is 4.97. The van der Waals surface area contributed by atoms with Gasteiger partial charge in [0, 0.05) is 20.0 Å². The lowest BCUT2D eigenvalue weighted by atomic mass is 10.0. The zero-order valence-corrected chi connectivity index (χ0v) is 22.0. The van der Waals surface area contributed by atoms with Crippen molar-refractivity contribution in [2.24, 2.45) is 0 Å². The predicted octanol–water partition coefficient (Wildman–Crippen LogP) is 3.46. The van der Waals surface area contributed by atoms with E-state index in [0.717, 1.165) is 32.8 Å². The number of benzene rings is 3. The van der Waals surface area contributed by atoms with Gasteiger partial charge in [0.1, 0.15) is 12.6 Å². The molecule has 0 saturated carbocycles. The molecule has 0 spiro atoms. The Labute approximate surface area is 213 Å². The van der Waals surface area contributed by atoms with E-state index >= 15 is 0 Å². The van der Waals surface area contributed by atoms with Crippen molar-refractivity contribution in [2.75, 3.05) is 24.2 Å². The Morgan fingerprint density at radius 1 is 0.861 bits per heavy atom. The number of carbonyl (C=O) groups is 2. The second-order valence-electron chi connectivity index (χ2n) is 8.94. The van der Waals surface area contributed by atoms with E-state index in [1.807, 2.05) is 74.5 Å². The first kappa shape index (κ1) is 26.9. The van der Waals surface area contributed by atoms with Gasteiger partial charge in [0.15, 0.2) is 0 Å². The first-order chi connectivity index (χ1) is 17.1. The monoisotopic (exact) mass is 507 g/mol. The van der Waals surface area contributed by atoms with Crippen molar-refractivity contribution in [1.29, 1.82) is 0 Å². The van der Waals surface area contributed by atoms with Crippen LogP contribution in [0.3, 0.4) is 0 Å². The molecule has 3 aromatic carbocycles. The lowest BCUT2D eigenvalue weighted by molar-refractivity contribution is -0.139. The quantitative estimate of drug-likeness (QED) is 0.455. The fourth-order valence-electron chi connectivity index (χ4n) is 4.12. The summed E-state index contributed by atoms with van der Waals surface area (Å²) in [6.45, 7) is 3.56. The van der Waals surface area contributed by atoms with Crippen LogP contribution in [0.25, 0.3) is 0 Å². The van der Waals surface area contributed by atoms with Crippen LogP contribution in [0.4, 0.5) is 5.69 Å². The van der Waals surface area contributed by atoms with Gasteiger partial charge in [-0.25, -0.2) is 8.42 Å². The summed E-state index contributed by atoms with van der Waals surface area (Å²) in [5.74, 6) is -0.783. The molecule has 0 fully saturated rings. The van der Waals surface area contributed by atoms with Gasteiger partial charge in [-0.1, -0.05) is 72.3 Å². The Morgan fingerprint density at radius 2 is 1.47 bits per heavy atom. The van der Waals surface area contributed by atoms with Gasteiger partial charge in [0.2, 0.25) is 21.8 Å². The maximum atomic E-state index is 13.8. The Hall–Kier alpha value is -3.65. The molecule has 36 heavy (non-hydrogen) atoms. The average Bonchev–Trinajstić information content (AvgIpc) is 2.84. The third-order valence-corrected chi connectivity index (χ3v) is 7.06. The minimum atomic E-state index is -3.77. The number of rotatable bonds is 10. The minimum Gasteiger partial charge on any atom is -0.357 e. The van der Waals surface area contributed by atoms with Crippen LogP contribution >= 0.6 is 0 Å². The molecule has 7 nitrogen and oxygen atoms in total. The number of nitrogens with zero attached hydrogens (tertiary/aromatic N) is 2. The summed E-state index contributed by atoms with van der Waals surface area (Å²) < 4.78 is 26.6. The smallest absolute Gasteiger partial charge is 0.244 e. The van der Waals surface area contributed by atoms with Gasteiger partial charge < -0.3 is 10.2 Å². The van der Waals surface area contributed by atoms with Crippen LogP contribution in [-0.2, 0) is 32.6 Å². The molecule has 3 rings (SSSR count). The van der Waals surface area contributed by atoms with Gasteiger partial charge in [-0.05, 0) is 42.7 Å². The second kappa shape index (κ2) is 11.9. The lowest BCUT2D eigenvalue weighted by Crippen LogP contribution is -2.52. The van der Waals surface area contributed by atoms with Gasteiger partial charge in [-0.2, -0.15) is 0 Å². The number of nitrogens with one attached hydrogen (secondary N) is 1. The molecule has 2 amide bonds. The fraction of sp³-hybridized carbons (Fsp3) is 0.286. The highest BCUT2D eigenvalue weighted by molar-refractivity contribution is 7.92. The topological polar surface area (TPSA) is 86.8 Å². The molecule has 190 valence electrons. The van der Waals surface area contributed by atoms with Crippen molar-refractivity contribution in [3.8, 4) is 0 Å². The van der Waals surface area contributed by atoms with Gasteiger partial charge in [0.05, 0.1) is 11.9 Å². The van der Waals surface area contributed by atoms with Crippen molar-refractivity contribution in [3.63, 3.8) is 0 Å². The highest BCUT2D eigenvalue weighted by atomic mass is 32.2. The van der Waals surface area contributed by atoms with Gasteiger partial charge in [-0.3, -0.25) is 13.9 Å². The number of amides is 2. The number of carbonyl (C=O) groups excluding carboxylic acids is 2. The van der Waals surface area contributed by atoms with Crippen LogP contribution < -0.4 is 9.62 Å². The maximum Gasteiger partial charge on any atom is 0.244 e. The summed E-state index contributed by atoms with van der Waals surface area (Å²) in [7, 11) is -2.24. The van der Waals surface area contributed by atoms with Crippen molar-refractivity contribution in [3.05, 3.63) is 101 Å². The van der Waals surface area contributed by atoms with E-state index < -0.39 is 28.5 Å². The number of hydrogen-bond acceptors (Lipinski definition) is 4. The van der Waals surface area contributed by atoms with E-state index in [2.05, 4.69) is 5.32 Å². The molecule has 0 aliphatic heterocycles. The number of anilines is 1. The average molecular weight is 508 g/mol. The Balaban J connectivity index is 2.03. The van der Waals surface area contributed by atoms with E-state index in [1.165, 1.54) is 11.9 Å². The Morgan fingerprint density at radius 3 is 2.06 bits per heavy atom. The first-order valence-electron chi connectivity index (χ1n) is 11.7. The van der Waals surface area contributed by atoms with Crippen LogP contribution in [0.5, 0.6) is 0 Å². The zero-order valence-electron chi connectivity index (χ0n) is 21.1. The molecule has 0 aliphatic carbocycles. The van der Waals surface area contributed by atoms with Gasteiger partial charge >= 0.3 is 0 Å². The van der Waals surface area contributed by atoms with Crippen LogP contribution in [-0.4, -0.2) is 51.0 Å². The van der Waals surface area contributed by atoms with E-state index in [1.54, 1.807) is 18.2 Å².